The standard InChI is InChI=1S/C12H17ClN2O3S/c1-3-6-15-12(16)8(2)19(17,18)11-5-4-9(13)7-10(11)14/h4-5,7-8H,3,6,14H2,1-2H3,(H,15,16). The predicted molar refractivity (Wildman–Crippen MR) is 75.8 cm³/mol. The van der Waals surface area contributed by atoms with Crippen molar-refractivity contribution in [3.05, 3.63) is 23.2 Å². The van der Waals surface area contributed by atoms with Crippen LogP contribution in [-0.2, 0) is 14.6 Å². The highest BCUT2D eigenvalue weighted by molar-refractivity contribution is 7.93. The first-order chi connectivity index (χ1) is 8.80. The Hall–Kier alpha value is -1.27. The smallest absolute Gasteiger partial charge is 0.238 e. The number of hydrogen-bond donors (Lipinski definition) is 2. The molecule has 0 bridgehead atoms. The Bertz CT molecular complexity index is 572. The first-order valence-electron chi connectivity index (χ1n) is 5.87. The number of rotatable bonds is 5. The SMILES string of the molecule is CCCNC(=O)C(C)S(=O)(=O)c1ccc(Cl)cc1N. The molecule has 0 radical (unpaired) electrons. The van der Waals surface area contributed by atoms with Crippen molar-refractivity contribution in [3.8, 4) is 0 Å². The molecule has 0 aliphatic rings. The summed E-state index contributed by atoms with van der Waals surface area (Å²) in [5.41, 5.74) is 5.69. The maximum atomic E-state index is 12.3. The lowest BCUT2D eigenvalue weighted by atomic mass is 10.3. The number of nitrogens with two attached hydrogens (primary N) is 1. The van der Waals surface area contributed by atoms with Crippen LogP contribution in [-0.4, -0.2) is 26.1 Å². The monoisotopic (exact) mass is 304 g/mol. The van der Waals surface area contributed by atoms with Gasteiger partial charge in [-0.2, -0.15) is 0 Å². The van der Waals surface area contributed by atoms with Crippen LogP contribution in [0.4, 0.5) is 5.69 Å². The molecule has 0 fully saturated rings. The molecule has 0 aromatic heterocycles. The van der Waals surface area contributed by atoms with E-state index < -0.39 is 21.0 Å². The Morgan fingerprint density at radius 3 is 2.63 bits per heavy atom. The van der Waals surface area contributed by atoms with E-state index in [-0.39, 0.29) is 10.6 Å². The lowest BCUT2D eigenvalue weighted by molar-refractivity contribution is -0.120. The second-order valence-electron chi connectivity index (χ2n) is 4.16. The predicted octanol–water partition coefficient (Wildman–Crippen LogP) is 1.61. The lowest BCUT2D eigenvalue weighted by Gasteiger charge is -2.14. The van der Waals surface area contributed by atoms with Gasteiger partial charge in [0.25, 0.3) is 0 Å². The molecule has 1 unspecified atom stereocenters. The van der Waals surface area contributed by atoms with Gasteiger partial charge in [-0.05, 0) is 31.5 Å². The maximum absolute atomic E-state index is 12.3. The topological polar surface area (TPSA) is 89.3 Å². The van der Waals surface area contributed by atoms with Gasteiger partial charge in [0.05, 0.1) is 10.6 Å². The van der Waals surface area contributed by atoms with Crippen molar-refractivity contribution < 1.29 is 13.2 Å². The number of carbonyl (C=O) groups is 1. The van der Waals surface area contributed by atoms with Crippen molar-refractivity contribution in [3.63, 3.8) is 0 Å². The van der Waals surface area contributed by atoms with E-state index >= 15 is 0 Å². The van der Waals surface area contributed by atoms with Crippen molar-refractivity contribution in [2.45, 2.75) is 30.4 Å². The van der Waals surface area contributed by atoms with Crippen LogP contribution in [0.15, 0.2) is 23.1 Å². The molecule has 1 amide bonds. The molecule has 0 saturated heterocycles. The van der Waals surface area contributed by atoms with Crippen molar-refractivity contribution in [1.29, 1.82) is 0 Å². The Kier molecular flexibility index (Phi) is 5.20. The third-order valence-corrected chi connectivity index (χ3v) is 5.03. The molecule has 0 saturated carbocycles. The molecular formula is C12H17ClN2O3S. The number of amides is 1. The minimum atomic E-state index is -3.81. The van der Waals surface area contributed by atoms with E-state index in [4.69, 9.17) is 17.3 Å². The van der Waals surface area contributed by atoms with Crippen molar-refractivity contribution in [2.24, 2.45) is 0 Å². The molecule has 1 rings (SSSR count). The van der Waals surface area contributed by atoms with Crippen LogP contribution in [0.5, 0.6) is 0 Å². The van der Waals surface area contributed by atoms with Gasteiger partial charge in [-0.25, -0.2) is 8.42 Å². The Balaban J connectivity index is 3.06. The second-order valence-corrected chi connectivity index (χ2v) is 6.83. The number of sulfone groups is 1. The average molecular weight is 305 g/mol. The first-order valence-corrected chi connectivity index (χ1v) is 7.79. The summed E-state index contributed by atoms with van der Waals surface area (Å²) in [5.74, 6) is -0.531. The number of nitrogen functional groups attached to an aromatic ring is 1. The third kappa shape index (κ3) is 3.61. The summed E-state index contributed by atoms with van der Waals surface area (Å²) in [4.78, 5) is 11.7. The minimum Gasteiger partial charge on any atom is -0.398 e. The molecule has 1 aromatic rings. The van der Waals surface area contributed by atoms with Gasteiger partial charge in [0, 0.05) is 11.6 Å². The number of anilines is 1. The summed E-state index contributed by atoms with van der Waals surface area (Å²) in [6, 6.07) is 4.10. The van der Waals surface area contributed by atoms with E-state index in [0.29, 0.717) is 11.6 Å². The van der Waals surface area contributed by atoms with Crippen molar-refractivity contribution in [1.82, 2.24) is 5.32 Å². The van der Waals surface area contributed by atoms with Gasteiger partial charge in [0.2, 0.25) is 5.91 Å². The highest BCUT2D eigenvalue weighted by Gasteiger charge is 2.31. The van der Waals surface area contributed by atoms with Crippen molar-refractivity contribution >= 4 is 33.0 Å². The minimum absolute atomic E-state index is 0.0441. The summed E-state index contributed by atoms with van der Waals surface area (Å²) in [5, 5.41) is 1.71. The summed E-state index contributed by atoms with van der Waals surface area (Å²) < 4.78 is 24.6. The van der Waals surface area contributed by atoms with E-state index in [1.165, 1.54) is 25.1 Å². The summed E-state index contributed by atoms with van der Waals surface area (Å²) >= 11 is 5.72. The quantitative estimate of drug-likeness (QED) is 0.809. The fourth-order valence-electron chi connectivity index (χ4n) is 1.50. The molecule has 0 aliphatic heterocycles. The number of benzene rings is 1. The van der Waals surface area contributed by atoms with Gasteiger partial charge < -0.3 is 11.1 Å². The molecule has 1 atom stereocenters. The highest BCUT2D eigenvalue weighted by atomic mass is 35.5. The fourth-order valence-corrected chi connectivity index (χ4v) is 3.07. The molecule has 5 nitrogen and oxygen atoms in total. The highest BCUT2D eigenvalue weighted by Crippen LogP contribution is 2.25. The van der Waals surface area contributed by atoms with E-state index in [9.17, 15) is 13.2 Å². The average Bonchev–Trinajstić information content (AvgIpc) is 2.34. The third-order valence-electron chi connectivity index (χ3n) is 2.66. The molecule has 0 aliphatic carbocycles. The van der Waals surface area contributed by atoms with Crippen LogP contribution in [0, 0.1) is 0 Å². The number of nitrogens with one attached hydrogen (secondary N) is 1. The van der Waals surface area contributed by atoms with Gasteiger partial charge in [-0.1, -0.05) is 18.5 Å². The summed E-state index contributed by atoms with van der Waals surface area (Å²) in [7, 11) is -3.81. The van der Waals surface area contributed by atoms with Crippen LogP contribution in [0.3, 0.4) is 0 Å². The van der Waals surface area contributed by atoms with Gasteiger partial charge >= 0.3 is 0 Å². The molecule has 1 aromatic carbocycles. The van der Waals surface area contributed by atoms with Crippen LogP contribution < -0.4 is 11.1 Å². The zero-order valence-corrected chi connectivity index (χ0v) is 12.4. The Morgan fingerprint density at radius 1 is 1.47 bits per heavy atom. The molecule has 19 heavy (non-hydrogen) atoms. The largest absolute Gasteiger partial charge is 0.398 e. The van der Waals surface area contributed by atoms with E-state index in [2.05, 4.69) is 5.32 Å². The number of hydrogen-bond acceptors (Lipinski definition) is 4. The molecule has 106 valence electrons. The first kappa shape index (κ1) is 15.8. The zero-order chi connectivity index (χ0) is 14.6. The van der Waals surface area contributed by atoms with Crippen LogP contribution in [0.25, 0.3) is 0 Å². The number of halogens is 1. The molecular weight excluding hydrogens is 288 g/mol. The lowest BCUT2D eigenvalue weighted by Crippen LogP contribution is -2.38. The fraction of sp³-hybridized carbons (Fsp3) is 0.417. The van der Waals surface area contributed by atoms with Gasteiger partial charge in [0.15, 0.2) is 9.84 Å². The zero-order valence-electron chi connectivity index (χ0n) is 10.8. The summed E-state index contributed by atoms with van der Waals surface area (Å²) in [6.07, 6.45) is 0.738. The van der Waals surface area contributed by atoms with Crippen LogP contribution in [0.2, 0.25) is 5.02 Å². The Morgan fingerprint density at radius 2 is 2.11 bits per heavy atom. The van der Waals surface area contributed by atoms with Crippen LogP contribution >= 0.6 is 11.6 Å². The normalized spacial score (nSPS) is 13.0. The van der Waals surface area contributed by atoms with Gasteiger partial charge in [0.1, 0.15) is 5.25 Å². The number of carbonyl (C=O) groups excluding carboxylic acids is 1. The second kappa shape index (κ2) is 6.25. The molecule has 0 heterocycles. The maximum Gasteiger partial charge on any atom is 0.238 e. The Labute approximate surface area is 118 Å². The van der Waals surface area contributed by atoms with E-state index in [1.807, 2.05) is 6.92 Å². The molecule has 0 spiro atoms. The van der Waals surface area contributed by atoms with Gasteiger partial charge in [-0.15, -0.1) is 0 Å². The molecule has 3 N–H and O–H groups in total. The molecule has 7 heteroatoms. The van der Waals surface area contributed by atoms with E-state index in [0.717, 1.165) is 6.42 Å². The van der Waals surface area contributed by atoms with Gasteiger partial charge in [-0.3, -0.25) is 4.79 Å². The van der Waals surface area contributed by atoms with Crippen molar-refractivity contribution in [2.75, 3.05) is 12.3 Å². The summed E-state index contributed by atoms with van der Waals surface area (Å²) in [6.45, 7) is 3.67. The van der Waals surface area contributed by atoms with Crippen LogP contribution in [0.1, 0.15) is 20.3 Å². The van der Waals surface area contributed by atoms with E-state index in [1.54, 1.807) is 0 Å².